The van der Waals surface area contributed by atoms with Crippen LogP contribution in [0.1, 0.15) is 48.9 Å². The highest BCUT2D eigenvalue weighted by Gasteiger charge is 2.42. The summed E-state index contributed by atoms with van der Waals surface area (Å²) < 4.78 is 6.40. The standard InChI is InChI=1S/C27H24ClN3OS/c1-17(2)18-8-12-21(13-9-18)31-26(25(30-27(31)33)22-5-3-4-16-29-22)24-15-14-23(32-24)19-6-10-20(28)11-7-19/h3-17,25-26H,1-2H3,(H,30,33)/t25-,26+/m1/s1. The predicted octanol–water partition coefficient (Wildman–Crippen LogP) is 7.30. The van der Waals surface area contributed by atoms with Crippen LogP contribution in [-0.2, 0) is 0 Å². The molecule has 0 bridgehead atoms. The minimum atomic E-state index is -0.182. The number of nitrogens with one attached hydrogen (secondary N) is 1. The molecule has 1 aliphatic heterocycles. The van der Waals surface area contributed by atoms with Gasteiger partial charge in [0.15, 0.2) is 5.11 Å². The molecule has 6 heteroatoms. The predicted molar refractivity (Wildman–Crippen MR) is 138 cm³/mol. The zero-order valence-electron chi connectivity index (χ0n) is 18.4. The largest absolute Gasteiger partial charge is 0.459 e. The first-order valence-corrected chi connectivity index (χ1v) is 11.8. The van der Waals surface area contributed by atoms with E-state index >= 15 is 0 Å². The van der Waals surface area contributed by atoms with Crippen molar-refractivity contribution in [3.63, 3.8) is 0 Å². The Labute approximate surface area is 204 Å². The van der Waals surface area contributed by atoms with E-state index in [4.69, 9.17) is 28.2 Å². The lowest BCUT2D eigenvalue weighted by molar-refractivity contribution is 0.439. The number of thiocarbonyl (C=S) groups is 1. The molecule has 0 unspecified atom stereocenters. The van der Waals surface area contributed by atoms with Crippen LogP contribution in [0, 0.1) is 0 Å². The maximum Gasteiger partial charge on any atom is 0.174 e. The molecule has 2 aromatic heterocycles. The van der Waals surface area contributed by atoms with Crippen molar-refractivity contribution in [1.29, 1.82) is 0 Å². The van der Waals surface area contributed by atoms with Crippen LogP contribution >= 0.6 is 23.8 Å². The third-order valence-electron chi connectivity index (χ3n) is 5.98. The van der Waals surface area contributed by atoms with E-state index in [0.29, 0.717) is 16.1 Å². The number of hydrogen-bond acceptors (Lipinski definition) is 3. The molecule has 2 aromatic carbocycles. The molecule has 3 heterocycles. The fourth-order valence-electron chi connectivity index (χ4n) is 4.22. The Morgan fingerprint density at radius 3 is 2.39 bits per heavy atom. The lowest BCUT2D eigenvalue weighted by Crippen LogP contribution is -2.29. The number of pyridine rings is 1. The van der Waals surface area contributed by atoms with Gasteiger partial charge in [-0.15, -0.1) is 0 Å². The van der Waals surface area contributed by atoms with Crippen LogP contribution in [-0.4, -0.2) is 10.1 Å². The van der Waals surface area contributed by atoms with Gasteiger partial charge in [-0.1, -0.05) is 43.6 Å². The van der Waals surface area contributed by atoms with Gasteiger partial charge < -0.3 is 14.6 Å². The number of rotatable bonds is 5. The van der Waals surface area contributed by atoms with E-state index in [-0.39, 0.29) is 12.1 Å². The monoisotopic (exact) mass is 473 g/mol. The number of aromatic nitrogens is 1. The van der Waals surface area contributed by atoms with Gasteiger partial charge in [0.05, 0.1) is 11.7 Å². The third-order valence-corrected chi connectivity index (χ3v) is 6.55. The maximum atomic E-state index is 6.40. The number of hydrogen-bond donors (Lipinski definition) is 1. The van der Waals surface area contributed by atoms with Gasteiger partial charge in [0.2, 0.25) is 0 Å². The quantitative estimate of drug-likeness (QED) is 0.308. The molecule has 4 nitrogen and oxygen atoms in total. The molecule has 0 aliphatic carbocycles. The van der Waals surface area contributed by atoms with Crippen LogP contribution in [0.25, 0.3) is 11.3 Å². The van der Waals surface area contributed by atoms with Crippen LogP contribution in [0.2, 0.25) is 5.02 Å². The number of anilines is 1. The second kappa shape index (κ2) is 9.00. The SMILES string of the molecule is CC(C)c1ccc(N2C(=S)N[C@H](c3ccccn3)[C@@H]2c2ccc(-c3ccc(Cl)cc3)o2)cc1. The maximum absolute atomic E-state index is 6.40. The Kier molecular flexibility index (Phi) is 5.92. The molecule has 0 saturated carbocycles. The summed E-state index contributed by atoms with van der Waals surface area (Å²) in [7, 11) is 0. The van der Waals surface area contributed by atoms with Crippen molar-refractivity contribution >= 4 is 34.6 Å². The first-order valence-electron chi connectivity index (χ1n) is 11.0. The minimum Gasteiger partial charge on any atom is -0.459 e. The Morgan fingerprint density at radius 1 is 0.970 bits per heavy atom. The molecular weight excluding hydrogens is 450 g/mol. The molecule has 1 N–H and O–H groups in total. The summed E-state index contributed by atoms with van der Waals surface area (Å²) in [4.78, 5) is 6.73. The lowest BCUT2D eigenvalue weighted by atomic mass is 10.0. The molecule has 0 spiro atoms. The van der Waals surface area contributed by atoms with Crippen molar-refractivity contribution < 1.29 is 4.42 Å². The van der Waals surface area contributed by atoms with Crippen molar-refractivity contribution in [1.82, 2.24) is 10.3 Å². The Bertz CT molecular complexity index is 1250. The second-order valence-electron chi connectivity index (χ2n) is 8.45. The number of benzene rings is 2. The molecule has 1 aliphatic rings. The molecular formula is C27H24ClN3OS. The van der Waals surface area contributed by atoms with Crippen molar-refractivity contribution in [2.75, 3.05) is 4.90 Å². The van der Waals surface area contributed by atoms with Crippen molar-refractivity contribution in [2.24, 2.45) is 0 Å². The van der Waals surface area contributed by atoms with Crippen molar-refractivity contribution in [3.05, 3.63) is 107 Å². The number of furan rings is 1. The molecule has 4 aromatic rings. The smallest absolute Gasteiger partial charge is 0.174 e. The van der Waals surface area contributed by atoms with E-state index < -0.39 is 0 Å². The van der Waals surface area contributed by atoms with Gasteiger partial charge in [0.25, 0.3) is 0 Å². The minimum absolute atomic E-state index is 0.146. The van der Waals surface area contributed by atoms with Crippen LogP contribution in [0.3, 0.4) is 0 Å². The van der Waals surface area contributed by atoms with E-state index in [2.05, 4.69) is 53.3 Å². The number of nitrogens with zero attached hydrogens (tertiary/aromatic N) is 2. The van der Waals surface area contributed by atoms with E-state index in [1.807, 2.05) is 54.6 Å². The van der Waals surface area contributed by atoms with Crippen LogP contribution in [0.4, 0.5) is 5.69 Å². The summed E-state index contributed by atoms with van der Waals surface area (Å²) >= 11 is 11.9. The lowest BCUT2D eigenvalue weighted by Gasteiger charge is -2.26. The summed E-state index contributed by atoms with van der Waals surface area (Å²) in [6.07, 6.45) is 1.80. The first kappa shape index (κ1) is 21.7. The summed E-state index contributed by atoms with van der Waals surface area (Å²) in [5.74, 6) is 2.07. The van der Waals surface area contributed by atoms with Gasteiger partial charge in [-0.25, -0.2) is 0 Å². The van der Waals surface area contributed by atoms with Crippen molar-refractivity contribution in [2.45, 2.75) is 31.8 Å². The zero-order chi connectivity index (χ0) is 22.9. The van der Waals surface area contributed by atoms with Gasteiger partial charge in [-0.2, -0.15) is 0 Å². The highest BCUT2D eigenvalue weighted by molar-refractivity contribution is 7.80. The summed E-state index contributed by atoms with van der Waals surface area (Å²) in [6, 6.07) is 25.8. The average Bonchev–Trinajstić information content (AvgIpc) is 3.45. The van der Waals surface area contributed by atoms with Gasteiger partial charge in [-0.05, 0) is 84.4 Å². The van der Waals surface area contributed by atoms with Crippen molar-refractivity contribution in [3.8, 4) is 11.3 Å². The van der Waals surface area contributed by atoms with E-state index in [1.165, 1.54) is 5.56 Å². The number of halogens is 1. The van der Waals surface area contributed by atoms with Crippen LogP contribution < -0.4 is 10.2 Å². The topological polar surface area (TPSA) is 41.3 Å². The Hall–Kier alpha value is -3.15. The van der Waals surface area contributed by atoms with Gasteiger partial charge in [0, 0.05) is 22.5 Å². The molecule has 1 saturated heterocycles. The normalized spacial score (nSPS) is 18.1. The summed E-state index contributed by atoms with van der Waals surface area (Å²) in [6.45, 7) is 4.39. The summed E-state index contributed by atoms with van der Waals surface area (Å²) in [5.41, 5.74) is 4.19. The van der Waals surface area contributed by atoms with E-state index in [9.17, 15) is 0 Å². The summed E-state index contributed by atoms with van der Waals surface area (Å²) in [5, 5.41) is 4.83. The molecule has 0 radical (unpaired) electrons. The third kappa shape index (κ3) is 4.26. The fourth-order valence-corrected chi connectivity index (χ4v) is 4.69. The highest BCUT2D eigenvalue weighted by atomic mass is 35.5. The molecule has 33 heavy (non-hydrogen) atoms. The molecule has 2 atom stereocenters. The molecule has 1 fully saturated rings. The molecule has 5 rings (SSSR count). The van der Waals surface area contributed by atoms with Gasteiger partial charge in [0.1, 0.15) is 17.6 Å². The molecule has 0 amide bonds. The van der Waals surface area contributed by atoms with Gasteiger partial charge in [-0.3, -0.25) is 4.98 Å². The van der Waals surface area contributed by atoms with E-state index in [0.717, 1.165) is 28.5 Å². The van der Waals surface area contributed by atoms with E-state index in [1.54, 1.807) is 6.20 Å². The Morgan fingerprint density at radius 2 is 1.73 bits per heavy atom. The van der Waals surface area contributed by atoms with Crippen LogP contribution in [0.5, 0.6) is 0 Å². The average molecular weight is 474 g/mol. The first-order chi connectivity index (χ1) is 16.0. The zero-order valence-corrected chi connectivity index (χ0v) is 20.0. The molecule has 166 valence electrons. The van der Waals surface area contributed by atoms with Gasteiger partial charge >= 0.3 is 0 Å². The second-order valence-corrected chi connectivity index (χ2v) is 9.27. The Balaban J connectivity index is 1.57. The fraction of sp³-hybridized carbons (Fsp3) is 0.185. The highest BCUT2D eigenvalue weighted by Crippen LogP contribution is 2.43. The van der Waals surface area contributed by atoms with Crippen LogP contribution in [0.15, 0.2) is 89.5 Å².